The van der Waals surface area contributed by atoms with Crippen molar-refractivity contribution in [1.29, 1.82) is 5.26 Å². The van der Waals surface area contributed by atoms with E-state index in [-0.39, 0.29) is 0 Å². The van der Waals surface area contributed by atoms with Gasteiger partial charge in [-0.25, -0.2) is 0 Å². The Morgan fingerprint density at radius 3 is 2.85 bits per heavy atom. The molecule has 1 aliphatic rings. The quantitative estimate of drug-likeness (QED) is 0.675. The third kappa shape index (κ3) is 1.26. The van der Waals surface area contributed by atoms with Gasteiger partial charge < -0.3 is 0 Å². The van der Waals surface area contributed by atoms with E-state index in [0.29, 0.717) is 0 Å². The monoisotopic (exact) mass is 187 g/mol. The van der Waals surface area contributed by atoms with Gasteiger partial charge >= 0.3 is 0 Å². The summed E-state index contributed by atoms with van der Waals surface area (Å²) in [5.74, 6) is 0. The number of nitrogens with zero attached hydrogens (tertiary/aromatic N) is 1. The highest BCUT2D eigenvalue weighted by atomic mass is 32.2. The summed E-state index contributed by atoms with van der Waals surface area (Å²) in [6.07, 6.45) is 2.96. The van der Waals surface area contributed by atoms with E-state index in [1.54, 1.807) is 11.8 Å². The normalized spacial score (nSPS) is 14.2. The average Bonchev–Trinajstić information content (AvgIpc) is 2.55. The van der Waals surface area contributed by atoms with Crippen LogP contribution in [0, 0.1) is 11.3 Å². The molecule has 0 amide bonds. The number of fused-ring (bicyclic) bond motifs is 1. The Morgan fingerprint density at radius 1 is 1.38 bits per heavy atom. The van der Waals surface area contributed by atoms with Gasteiger partial charge in [0.15, 0.2) is 0 Å². The number of nitriles is 1. The maximum Gasteiger partial charge on any atom is 0.101 e. The molecule has 0 aromatic heterocycles. The van der Waals surface area contributed by atoms with Gasteiger partial charge in [-0.15, -0.1) is 11.8 Å². The molecule has 1 aliphatic carbocycles. The Balaban J connectivity index is 2.56. The van der Waals surface area contributed by atoms with Gasteiger partial charge in [0, 0.05) is 11.3 Å². The summed E-state index contributed by atoms with van der Waals surface area (Å²) in [6.45, 7) is 0. The summed E-state index contributed by atoms with van der Waals surface area (Å²) >= 11 is 1.68. The number of hydrogen-bond donors (Lipinski definition) is 0. The minimum atomic E-state index is 0.864. The molecule has 0 unspecified atom stereocenters. The van der Waals surface area contributed by atoms with Crippen molar-refractivity contribution in [3.8, 4) is 6.07 Å². The Bertz CT molecular complexity index is 412. The zero-order valence-electron chi connectivity index (χ0n) is 7.37. The first-order chi connectivity index (χ1) is 6.36. The largest absolute Gasteiger partial charge is 0.192 e. The molecule has 2 rings (SSSR count). The van der Waals surface area contributed by atoms with Gasteiger partial charge in [0.2, 0.25) is 0 Å². The van der Waals surface area contributed by atoms with E-state index < -0.39 is 0 Å². The van der Waals surface area contributed by atoms with Crippen molar-refractivity contribution in [2.45, 2.75) is 6.42 Å². The van der Waals surface area contributed by atoms with Crippen LogP contribution in [0.2, 0.25) is 0 Å². The highest BCUT2D eigenvalue weighted by molar-refractivity contribution is 8.02. The minimum absolute atomic E-state index is 0.864. The van der Waals surface area contributed by atoms with E-state index >= 15 is 0 Å². The molecule has 0 fully saturated rings. The zero-order valence-corrected chi connectivity index (χ0v) is 8.19. The first-order valence-electron chi connectivity index (χ1n) is 4.12. The molecule has 1 aromatic rings. The van der Waals surface area contributed by atoms with Crippen molar-refractivity contribution in [2.24, 2.45) is 0 Å². The van der Waals surface area contributed by atoms with Crippen LogP contribution >= 0.6 is 11.8 Å². The summed E-state index contributed by atoms with van der Waals surface area (Å²) in [5.41, 5.74) is 3.26. The Labute approximate surface area is 82.1 Å². The number of allylic oxidation sites excluding steroid dienone is 2. The number of hydrogen-bond acceptors (Lipinski definition) is 2. The number of thioether (sulfide) groups is 1. The molecule has 0 spiro atoms. The van der Waals surface area contributed by atoms with Crippen LogP contribution in [0.1, 0.15) is 11.1 Å². The molecule has 0 atom stereocenters. The third-order valence-corrected chi connectivity index (χ3v) is 3.12. The summed E-state index contributed by atoms with van der Waals surface area (Å²) < 4.78 is 0. The van der Waals surface area contributed by atoms with Crippen molar-refractivity contribution < 1.29 is 0 Å². The lowest BCUT2D eigenvalue weighted by Crippen LogP contribution is -1.80. The van der Waals surface area contributed by atoms with Crippen molar-refractivity contribution in [2.75, 3.05) is 6.26 Å². The molecule has 0 radical (unpaired) electrons. The second-order valence-electron chi connectivity index (χ2n) is 2.95. The van der Waals surface area contributed by atoms with Crippen LogP contribution in [0.15, 0.2) is 29.2 Å². The lowest BCUT2D eigenvalue weighted by molar-refractivity contribution is 1.29. The van der Waals surface area contributed by atoms with Crippen LogP contribution in [0.4, 0.5) is 0 Å². The van der Waals surface area contributed by atoms with Gasteiger partial charge in [-0.05, 0) is 17.4 Å². The highest BCUT2D eigenvalue weighted by Crippen LogP contribution is 2.36. The summed E-state index contributed by atoms with van der Waals surface area (Å²) in [4.78, 5) is 1.20. The molecule has 0 N–H and O–H groups in total. The third-order valence-electron chi connectivity index (χ3n) is 2.27. The maximum atomic E-state index is 8.99. The SMILES string of the molecule is CSC1=C(C#N)c2ccccc2C1. The molecule has 0 heterocycles. The fourth-order valence-corrected chi connectivity index (χ4v) is 2.29. The molecule has 0 aliphatic heterocycles. The fourth-order valence-electron chi connectivity index (χ4n) is 1.63. The molecule has 0 bridgehead atoms. The van der Waals surface area contributed by atoms with Gasteiger partial charge in [0.25, 0.3) is 0 Å². The molecule has 2 heteroatoms. The van der Waals surface area contributed by atoms with E-state index in [4.69, 9.17) is 5.26 Å². The molecule has 13 heavy (non-hydrogen) atoms. The van der Waals surface area contributed by atoms with Crippen molar-refractivity contribution in [3.63, 3.8) is 0 Å². The molecule has 1 nitrogen and oxygen atoms in total. The van der Waals surface area contributed by atoms with Crippen LogP contribution in [-0.4, -0.2) is 6.26 Å². The Kier molecular flexibility index (Phi) is 2.12. The van der Waals surface area contributed by atoms with Crippen molar-refractivity contribution in [1.82, 2.24) is 0 Å². The standard InChI is InChI=1S/C11H9NS/c1-13-11-6-8-4-2-3-5-9(8)10(11)7-12/h2-5H,6H2,1H3. The molecular weight excluding hydrogens is 178 g/mol. The predicted molar refractivity (Wildman–Crippen MR) is 56.2 cm³/mol. The highest BCUT2D eigenvalue weighted by Gasteiger charge is 2.19. The van der Waals surface area contributed by atoms with Crippen LogP contribution in [0.25, 0.3) is 5.57 Å². The molecule has 64 valence electrons. The van der Waals surface area contributed by atoms with Crippen molar-refractivity contribution in [3.05, 3.63) is 40.3 Å². The smallest absolute Gasteiger partial charge is 0.101 e. The first-order valence-corrected chi connectivity index (χ1v) is 5.35. The second-order valence-corrected chi connectivity index (χ2v) is 3.85. The molecule has 0 saturated carbocycles. The molecular formula is C11H9NS. The van der Waals surface area contributed by atoms with Crippen LogP contribution in [0.5, 0.6) is 0 Å². The summed E-state index contributed by atoms with van der Waals surface area (Å²) in [5, 5.41) is 8.99. The summed E-state index contributed by atoms with van der Waals surface area (Å²) in [7, 11) is 0. The van der Waals surface area contributed by atoms with Crippen LogP contribution < -0.4 is 0 Å². The van der Waals surface area contributed by atoms with Crippen LogP contribution in [-0.2, 0) is 6.42 Å². The number of rotatable bonds is 1. The zero-order chi connectivity index (χ0) is 9.26. The predicted octanol–water partition coefficient (Wildman–Crippen LogP) is 2.84. The summed E-state index contributed by atoms with van der Waals surface area (Å²) in [6, 6.07) is 10.4. The average molecular weight is 187 g/mol. The lowest BCUT2D eigenvalue weighted by atomic mass is 10.1. The minimum Gasteiger partial charge on any atom is -0.192 e. The van der Waals surface area contributed by atoms with E-state index in [1.807, 2.05) is 24.5 Å². The van der Waals surface area contributed by atoms with Crippen LogP contribution in [0.3, 0.4) is 0 Å². The van der Waals surface area contributed by atoms with Gasteiger partial charge in [0.05, 0.1) is 5.57 Å². The van der Waals surface area contributed by atoms with E-state index in [2.05, 4.69) is 12.1 Å². The first kappa shape index (κ1) is 8.40. The van der Waals surface area contributed by atoms with Crippen molar-refractivity contribution >= 4 is 17.3 Å². The molecule has 0 saturated heterocycles. The van der Waals surface area contributed by atoms with Gasteiger partial charge in [-0.2, -0.15) is 5.26 Å². The number of benzene rings is 1. The fraction of sp³-hybridized carbons (Fsp3) is 0.182. The topological polar surface area (TPSA) is 23.8 Å². The Morgan fingerprint density at radius 2 is 2.15 bits per heavy atom. The van der Waals surface area contributed by atoms with Gasteiger partial charge in [0.1, 0.15) is 6.07 Å². The molecule has 1 aromatic carbocycles. The van der Waals surface area contributed by atoms with Gasteiger partial charge in [-0.1, -0.05) is 24.3 Å². The van der Waals surface area contributed by atoms with E-state index in [0.717, 1.165) is 17.6 Å². The van der Waals surface area contributed by atoms with Gasteiger partial charge in [-0.3, -0.25) is 0 Å². The maximum absolute atomic E-state index is 8.99. The van der Waals surface area contributed by atoms with E-state index in [9.17, 15) is 0 Å². The Hall–Kier alpha value is -1.20. The lowest BCUT2D eigenvalue weighted by Gasteiger charge is -1.95. The van der Waals surface area contributed by atoms with E-state index in [1.165, 1.54) is 10.5 Å². The second kappa shape index (κ2) is 3.27.